The number of carbonyl (C=O) groups excluding carboxylic acids is 1. The van der Waals surface area contributed by atoms with Crippen molar-refractivity contribution in [3.05, 3.63) is 95.4 Å². The molecule has 0 spiro atoms. The first kappa shape index (κ1) is 23.2. The molecule has 0 unspecified atom stereocenters. The van der Waals surface area contributed by atoms with Crippen LogP contribution >= 0.6 is 0 Å². The Hall–Kier alpha value is -4.26. The van der Waals surface area contributed by atoms with Gasteiger partial charge in [0.1, 0.15) is 11.6 Å². The van der Waals surface area contributed by atoms with E-state index in [1.807, 2.05) is 53.4 Å². The molecule has 188 valence electrons. The van der Waals surface area contributed by atoms with Crippen molar-refractivity contribution in [3.63, 3.8) is 0 Å². The maximum absolute atomic E-state index is 13.2. The molecule has 4 aromatic rings. The highest BCUT2D eigenvalue weighted by Crippen LogP contribution is 2.33. The first-order valence-corrected chi connectivity index (χ1v) is 12.6. The molecule has 3 aromatic carbocycles. The molecular weight excluding hydrogens is 466 g/mol. The summed E-state index contributed by atoms with van der Waals surface area (Å²) in [5.74, 6) is 3.53. The molecule has 7 nitrogen and oxygen atoms in total. The van der Waals surface area contributed by atoms with E-state index in [9.17, 15) is 4.79 Å². The van der Waals surface area contributed by atoms with Gasteiger partial charge in [-0.25, -0.2) is 4.98 Å². The molecule has 0 fully saturated rings. The highest BCUT2D eigenvalue weighted by molar-refractivity contribution is 5.77. The van der Waals surface area contributed by atoms with Crippen LogP contribution in [0.15, 0.2) is 72.8 Å². The summed E-state index contributed by atoms with van der Waals surface area (Å²) >= 11 is 0. The number of nitrogens with zero attached hydrogens (tertiary/aromatic N) is 3. The second-order valence-electron chi connectivity index (χ2n) is 9.37. The molecule has 6 rings (SSSR count). The Kier molecular flexibility index (Phi) is 6.26. The number of hydrogen-bond donors (Lipinski definition) is 0. The third-order valence-corrected chi connectivity index (χ3v) is 7.07. The summed E-state index contributed by atoms with van der Waals surface area (Å²) in [7, 11) is 1.67. The molecule has 0 atom stereocenters. The molecule has 0 saturated carbocycles. The minimum absolute atomic E-state index is 0.154. The molecule has 3 heterocycles. The summed E-state index contributed by atoms with van der Waals surface area (Å²) in [6.07, 6.45) is 1.84. The summed E-state index contributed by atoms with van der Waals surface area (Å²) in [5.41, 5.74) is 5.37. The van der Waals surface area contributed by atoms with Gasteiger partial charge in [0.2, 0.25) is 12.7 Å². The van der Waals surface area contributed by atoms with Gasteiger partial charge in [-0.1, -0.05) is 48.5 Å². The van der Waals surface area contributed by atoms with Crippen molar-refractivity contribution < 1.29 is 19.0 Å². The number of methoxy groups -OCH3 is 1. The van der Waals surface area contributed by atoms with Crippen LogP contribution in [-0.4, -0.2) is 40.8 Å². The van der Waals surface area contributed by atoms with Gasteiger partial charge in [-0.15, -0.1) is 0 Å². The number of aryl methyl sites for hydroxylation is 1. The third kappa shape index (κ3) is 4.77. The predicted octanol–water partition coefficient (Wildman–Crippen LogP) is 4.85. The van der Waals surface area contributed by atoms with Gasteiger partial charge in [-0.05, 0) is 41.8 Å². The number of ether oxygens (including phenoxy) is 3. The van der Waals surface area contributed by atoms with Gasteiger partial charge in [0.25, 0.3) is 0 Å². The fourth-order valence-electron chi connectivity index (χ4n) is 5.05. The van der Waals surface area contributed by atoms with Gasteiger partial charge in [0, 0.05) is 31.5 Å². The summed E-state index contributed by atoms with van der Waals surface area (Å²) < 4.78 is 18.5. The van der Waals surface area contributed by atoms with Crippen LogP contribution < -0.4 is 14.2 Å². The lowest BCUT2D eigenvalue weighted by Crippen LogP contribution is -2.38. The van der Waals surface area contributed by atoms with Crippen LogP contribution in [0.4, 0.5) is 0 Å². The van der Waals surface area contributed by atoms with Crippen molar-refractivity contribution in [2.24, 2.45) is 0 Å². The van der Waals surface area contributed by atoms with E-state index in [4.69, 9.17) is 19.2 Å². The summed E-state index contributed by atoms with van der Waals surface area (Å²) in [6, 6.07) is 24.3. The standard InChI is InChI=1S/C30H29N3O4/c1-35-24-11-7-22(8-12-24)18-28-31-30(23-5-3-2-4-6-23)25-19-32(15-16-33(25)28)29(34)14-10-21-9-13-26-27(17-21)37-20-36-26/h2-9,11-13,17H,10,14-16,18-20H2,1H3. The van der Waals surface area contributed by atoms with Crippen molar-refractivity contribution in [2.45, 2.75) is 32.4 Å². The Morgan fingerprint density at radius 1 is 0.946 bits per heavy atom. The monoisotopic (exact) mass is 495 g/mol. The first-order valence-electron chi connectivity index (χ1n) is 12.6. The second kappa shape index (κ2) is 10.0. The lowest BCUT2D eigenvalue weighted by molar-refractivity contribution is -0.132. The molecule has 7 heteroatoms. The largest absolute Gasteiger partial charge is 0.497 e. The number of benzene rings is 3. The molecule has 0 aliphatic carbocycles. The highest BCUT2D eigenvalue weighted by atomic mass is 16.7. The topological polar surface area (TPSA) is 65.8 Å². The predicted molar refractivity (Wildman–Crippen MR) is 140 cm³/mol. The Bertz CT molecular complexity index is 1410. The van der Waals surface area contributed by atoms with Crippen molar-refractivity contribution in [3.8, 4) is 28.5 Å². The smallest absolute Gasteiger partial charge is 0.231 e. The normalized spacial score (nSPS) is 13.9. The lowest BCUT2D eigenvalue weighted by Gasteiger charge is -2.30. The molecular formula is C30H29N3O4. The zero-order chi connectivity index (χ0) is 25.2. The maximum Gasteiger partial charge on any atom is 0.231 e. The quantitative estimate of drug-likeness (QED) is 0.367. The Balaban J connectivity index is 1.21. The van der Waals surface area contributed by atoms with Gasteiger partial charge < -0.3 is 23.7 Å². The highest BCUT2D eigenvalue weighted by Gasteiger charge is 2.27. The van der Waals surface area contributed by atoms with E-state index in [0.717, 1.165) is 58.6 Å². The fraction of sp³-hybridized carbons (Fsp3) is 0.267. The Labute approximate surface area is 216 Å². The number of rotatable bonds is 7. The van der Waals surface area contributed by atoms with Crippen molar-refractivity contribution >= 4 is 5.91 Å². The van der Waals surface area contributed by atoms with Crippen molar-refractivity contribution in [2.75, 3.05) is 20.4 Å². The van der Waals surface area contributed by atoms with Gasteiger partial charge in [0.15, 0.2) is 11.5 Å². The van der Waals surface area contributed by atoms with E-state index < -0.39 is 0 Å². The van der Waals surface area contributed by atoms with Crippen molar-refractivity contribution in [1.29, 1.82) is 0 Å². The van der Waals surface area contributed by atoms with E-state index in [0.29, 0.717) is 25.9 Å². The van der Waals surface area contributed by atoms with Crippen LogP contribution in [0, 0.1) is 0 Å². The molecule has 2 aliphatic heterocycles. The number of fused-ring (bicyclic) bond motifs is 2. The van der Waals surface area contributed by atoms with Crippen LogP contribution in [-0.2, 0) is 30.7 Å². The van der Waals surface area contributed by atoms with Gasteiger partial charge in [0.05, 0.1) is 25.0 Å². The summed E-state index contributed by atoms with van der Waals surface area (Å²) in [5, 5.41) is 0. The van der Waals surface area contributed by atoms with E-state index in [1.165, 1.54) is 5.56 Å². The fourth-order valence-corrected chi connectivity index (χ4v) is 5.05. The summed E-state index contributed by atoms with van der Waals surface area (Å²) in [4.78, 5) is 20.3. The lowest BCUT2D eigenvalue weighted by atomic mass is 10.1. The molecule has 1 aromatic heterocycles. The molecule has 0 saturated heterocycles. The first-order chi connectivity index (χ1) is 18.2. The number of imidazole rings is 1. The molecule has 0 radical (unpaired) electrons. The minimum Gasteiger partial charge on any atom is -0.497 e. The zero-order valence-electron chi connectivity index (χ0n) is 20.9. The van der Waals surface area contributed by atoms with Crippen LogP contribution in [0.1, 0.15) is 29.1 Å². The maximum atomic E-state index is 13.2. The van der Waals surface area contributed by atoms with Crippen molar-refractivity contribution in [1.82, 2.24) is 14.5 Å². The molecule has 1 amide bonds. The molecule has 2 aliphatic rings. The van der Waals surface area contributed by atoms with Crippen LogP contribution in [0.25, 0.3) is 11.3 Å². The van der Waals surface area contributed by atoms with Gasteiger partial charge >= 0.3 is 0 Å². The third-order valence-electron chi connectivity index (χ3n) is 7.07. The molecule has 0 N–H and O–H groups in total. The average Bonchev–Trinajstić information content (AvgIpc) is 3.56. The van der Waals surface area contributed by atoms with E-state index >= 15 is 0 Å². The average molecular weight is 496 g/mol. The number of carbonyl (C=O) groups is 1. The van der Waals surface area contributed by atoms with Crippen LogP contribution in [0.5, 0.6) is 17.2 Å². The van der Waals surface area contributed by atoms with E-state index in [2.05, 4.69) is 28.8 Å². The molecule has 37 heavy (non-hydrogen) atoms. The van der Waals surface area contributed by atoms with Crippen LogP contribution in [0.3, 0.4) is 0 Å². The second-order valence-corrected chi connectivity index (χ2v) is 9.37. The number of hydrogen-bond acceptors (Lipinski definition) is 5. The van der Waals surface area contributed by atoms with E-state index in [-0.39, 0.29) is 12.7 Å². The Morgan fingerprint density at radius 3 is 2.54 bits per heavy atom. The molecule has 0 bridgehead atoms. The summed E-state index contributed by atoms with van der Waals surface area (Å²) in [6.45, 7) is 2.22. The number of aromatic nitrogens is 2. The minimum atomic E-state index is 0.154. The SMILES string of the molecule is COc1ccc(Cc2nc(-c3ccccc3)c3n2CCN(C(=O)CCc2ccc4c(c2)OCO4)C3)cc1. The van der Waals surface area contributed by atoms with Gasteiger partial charge in [-0.2, -0.15) is 0 Å². The van der Waals surface area contributed by atoms with Gasteiger partial charge in [-0.3, -0.25) is 4.79 Å². The van der Waals surface area contributed by atoms with Crippen LogP contribution in [0.2, 0.25) is 0 Å². The number of amides is 1. The zero-order valence-corrected chi connectivity index (χ0v) is 20.9. The Morgan fingerprint density at radius 2 is 1.73 bits per heavy atom. The van der Waals surface area contributed by atoms with E-state index in [1.54, 1.807) is 7.11 Å².